The number of nitrogens with two attached hydrogens (primary N) is 1. The summed E-state index contributed by atoms with van der Waals surface area (Å²) < 4.78 is 0. The number of hydrogen-bond donors (Lipinski definition) is 1. The third-order valence-corrected chi connectivity index (χ3v) is 3.32. The predicted molar refractivity (Wildman–Crippen MR) is 77.7 cm³/mol. The maximum Gasteiger partial charge on any atom is 0.142 e. The Balaban J connectivity index is 2.81. The van der Waals surface area contributed by atoms with Crippen molar-refractivity contribution in [3.05, 3.63) is 46.6 Å². The van der Waals surface area contributed by atoms with Crippen LogP contribution in [0.2, 0.25) is 0 Å². The van der Waals surface area contributed by atoms with E-state index in [9.17, 15) is 5.26 Å². The van der Waals surface area contributed by atoms with Gasteiger partial charge < -0.3 is 5.73 Å². The summed E-state index contributed by atoms with van der Waals surface area (Å²) in [7, 11) is 0. The predicted octanol–water partition coefficient (Wildman–Crippen LogP) is 3.38. The molecule has 2 rings (SSSR count). The number of benzene rings is 1. The molecule has 1 aromatic heterocycles. The van der Waals surface area contributed by atoms with Crippen molar-refractivity contribution in [1.82, 2.24) is 4.98 Å². The zero-order valence-corrected chi connectivity index (χ0v) is 11.5. The topological polar surface area (TPSA) is 62.7 Å². The standard InChI is InChI=1S/C16H17N3/c1-4-14-11(3)15(13(9-17)16(18)19-14)12-7-5-6-10(2)8-12/h5-8H,4H2,1-3H3,(H2,18,19). The first-order chi connectivity index (χ1) is 9.08. The summed E-state index contributed by atoms with van der Waals surface area (Å²) in [6.07, 6.45) is 0.806. The van der Waals surface area contributed by atoms with Crippen molar-refractivity contribution in [3.8, 4) is 17.2 Å². The Bertz CT molecular complexity index is 666. The zero-order chi connectivity index (χ0) is 14.0. The van der Waals surface area contributed by atoms with Gasteiger partial charge in [-0.25, -0.2) is 4.98 Å². The fourth-order valence-corrected chi connectivity index (χ4v) is 2.36. The van der Waals surface area contributed by atoms with Crippen LogP contribution in [0, 0.1) is 25.2 Å². The van der Waals surface area contributed by atoms with Crippen molar-refractivity contribution in [2.75, 3.05) is 5.73 Å². The molecule has 0 aliphatic heterocycles. The monoisotopic (exact) mass is 251 g/mol. The lowest BCUT2D eigenvalue weighted by Gasteiger charge is -2.14. The molecule has 1 aromatic carbocycles. The van der Waals surface area contributed by atoms with Gasteiger partial charge in [0.05, 0.1) is 0 Å². The summed E-state index contributed by atoms with van der Waals surface area (Å²) in [5.41, 5.74) is 11.5. The second-order valence-electron chi connectivity index (χ2n) is 4.65. The van der Waals surface area contributed by atoms with E-state index >= 15 is 0 Å². The number of anilines is 1. The van der Waals surface area contributed by atoms with Gasteiger partial charge in [0.1, 0.15) is 17.5 Å². The van der Waals surface area contributed by atoms with Crippen LogP contribution in [0.25, 0.3) is 11.1 Å². The molecule has 3 nitrogen and oxygen atoms in total. The molecule has 19 heavy (non-hydrogen) atoms. The van der Waals surface area contributed by atoms with E-state index in [0.29, 0.717) is 11.4 Å². The number of nitriles is 1. The number of aryl methyl sites for hydroxylation is 2. The number of nitrogen functional groups attached to an aromatic ring is 1. The molecule has 3 heteroatoms. The largest absolute Gasteiger partial charge is 0.383 e. The maximum atomic E-state index is 9.35. The van der Waals surface area contributed by atoms with E-state index in [2.05, 4.69) is 17.1 Å². The van der Waals surface area contributed by atoms with Crippen LogP contribution >= 0.6 is 0 Å². The van der Waals surface area contributed by atoms with Crippen LogP contribution in [-0.2, 0) is 6.42 Å². The molecular weight excluding hydrogens is 234 g/mol. The normalized spacial score (nSPS) is 10.2. The van der Waals surface area contributed by atoms with Crippen LogP contribution < -0.4 is 5.73 Å². The average Bonchev–Trinajstić information content (AvgIpc) is 2.40. The minimum absolute atomic E-state index is 0.321. The van der Waals surface area contributed by atoms with Crippen LogP contribution in [0.3, 0.4) is 0 Å². The third kappa shape index (κ3) is 2.30. The Morgan fingerprint density at radius 3 is 2.63 bits per heavy atom. The second kappa shape index (κ2) is 5.11. The quantitative estimate of drug-likeness (QED) is 0.889. The van der Waals surface area contributed by atoms with Gasteiger partial charge in [0, 0.05) is 11.3 Å². The number of hydrogen-bond acceptors (Lipinski definition) is 3. The molecule has 2 N–H and O–H groups in total. The van der Waals surface area contributed by atoms with Crippen LogP contribution in [0.4, 0.5) is 5.82 Å². The minimum atomic E-state index is 0.321. The molecule has 0 spiro atoms. The van der Waals surface area contributed by atoms with Crippen molar-refractivity contribution in [1.29, 1.82) is 5.26 Å². The molecule has 0 bridgehead atoms. The van der Waals surface area contributed by atoms with Gasteiger partial charge in [-0.05, 0) is 31.4 Å². The van der Waals surface area contributed by atoms with Gasteiger partial charge in [-0.1, -0.05) is 36.8 Å². The summed E-state index contributed by atoms with van der Waals surface area (Å²) >= 11 is 0. The molecule has 96 valence electrons. The van der Waals surface area contributed by atoms with E-state index in [1.165, 1.54) is 0 Å². The van der Waals surface area contributed by atoms with E-state index in [1.54, 1.807) is 0 Å². The van der Waals surface area contributed by atoms with Crippen molar-refractivity contribution in [2.45, 2.75) is 27.2 Å². The molecule has 0 radical (unpaired) electrons. The van der Waals surface area contributed by atoms with Gasteiger partial charge in [-0.2, -0.15) is 5.26 Å². The molecule has 0 amide bonds. The lowest BCUT2D eigenvalue weighted by atomic mass is 9.93. The first-order valence-electron chi connectivity index (χ1n) is 6.34. The second-order valence-corrected chi connectivity index (χ2v) is 4.65. The van der Waals surface area contributed by atoms with Crippen molar-refractivity contribution in [2.24, 2.45) is 0 Å². The molecule has 0 saturated heterocycles. The van der Waals surface area contributed by atoms with Gasteiger partial charge in [-0.15, -0.1) is 0 Å². The van der Waals surface area contributed by atoms with E-state index in [1.807, 2.05) is 39.0 Å². The Labute approximate surface area is 113 Å². The molecule has 0 saturated carbocycles. The van der Waals surface area contributed by atoms with E-state index in [-0.39, 0.29) is 0 Å². The number of pyridine rings is 1. The molecule has 0 aliphatic rings. The Hall–Kier alpha value is -2.34. The van der Waals surface area contributed by atoms with Gasteiger partial charge in [0.15, 0.2) is 0 Å². The Morgan fingerprint density at radius 2 is 2.05 bits per heavy atom. The molecule has 1 heterocycles. The summed E-state index contributed by atoms with van der Waals surface area (Å²) in [6, 6.07) is 10.3. The van der Waals surface area contributed by atoms with Crippen LogP contribution in [0.1, 0.15) is 29.3 Å². The number of rotatable bonds is 2. The van der Waals surface area contributed by atoms with Crippen LogP contribution in [0.5, 0.6) is 0 Å². The summed E-state index contributed by atoms with van der Waals surface area (Å²) in [5, 5.41) is 9.35. The highest BCUT2D eigenvalue weighted by atomic mass is 14.8. The first kappa shape index (κ1) is 13.1. The van der Waals surface area contributed by atoms with Gasteiger partial charge in [0.25, 0.3) is 0 Å². The molecule has 0 atom stereocenters. The van der Waals surface area contributed by atoms with Crippen LogP contribution in [-0.4, -0.2) is 4.98 Å². The number of aromatic nitrogens is 1. The smallest absolute Gasteiger partial charge is 0.142 e. The molecular formula is C16H17N3. The lowest BCUT2D eigenvalue weighted by Crippen LogP contribution is -2.05. The highest BCUT2D eigenvalue weighted by Gasteiger charge is 2.16. The minimum Gasteiger partial charge on any atom is -0.383 e. The molecule has 0 unspecified atom stereocenters. The highest BCUT2D eigenvalue weighted by Crippen LogP contribution is 2.32. The van der Waals surface area contributed by atoms with Gasteiger partial charge in [-0.3, -0.25) is 0 Å². The van der Waals surface area contributed by atoms with Gasteiger partial charge >= 0.3 is 0 Å². The van der Waals surface area contributed by atoms with Gasteiger partial charge in [0.2, 0.25) is 0 Å². The van der Waals surface area contributed by atoms with E-state index < -0.39 is 0 Å². The summed E-state index contributed by atoms with van der Waals surface area (Å²) in [4.78, 5) is 4.33. The van der Waals surface area contributed by atoms with Crippen molar-refractivity contribution < 1.29 is 0 Å². The summed E-state index contributed by atoms with van der Waals surface area (Å²) in [6.45, 7) is 6.08. The average molecular weight is 251 g/mol. The molecule has 2 aromatic rings. The molecule has 0 fully saturated rings. The van der Waals surface area contributed by atoms with E-state index in [0.717, 1.165) is 34.4 Å². The SMILES string of the molecule is CCc1nc(N)c(C#N)c(-c2cccc(C)c2)c1C. The zero-order valence-electron chi connectivity index (χ0n) is 11.5. The van der Waals surface area contributed by atoms with Crippen molar-refractivity contribution >= 4 is 5.82 Å². The van der Waals surface area contributed by atoms with Crippen molar-refractivity contribution in [3.63, 3.8) is 0 Å². The lowest BCUT2D eigenvalue weighted by molar-refractivity contribution is 1.01. The van der Waals surface area contributed by atoms with E-state index in [4.69, 9.17) is 5.73 Å². The molecule has 0 aliphatic carbocycles. The first-order valence-corrected chi connectivity index (χ1v) is 6.34. The van der Waals surface area contributed by atoms with Crippen LogP contribution in [0.15, 0.2) is 24.3 Å². The summed E-state index contributed by atoms with van der Waals surface area (Å²) in [5.74, 6) is 0.321. The maximum absolute atomic E-state index is 9.35. The fraction of sp³-hybridized carbons (Fsp3) is 0.250. The Morgan fingerprint density at radius 1 is 1.32 bits per heavy atom. The third-order valence-electron chi connectivity index (χ3n) is 3.32. The highest BCUT2D eigenvalue weighted by molar-refractivity contribution is 5.79. The Kier molecular flexibility index (Phi) is 3.52. The fourth-order valence-electron chi connectivity index (χ4n) is 2.36. The number of nitrogens with zero attached hydrogens (tertiary/aromatic N) is 2.